The summed E-state index contributed by atoms with van der Waals surface area (Å²) in [4.78, 5) is 26.7. The molecule has 0 saturated heterocycles. The highest BCUT2D eigenvalue weighted by atomic mass is 32.1. The molecule has 3 rings (SSSR count). The van der Waals surface area contributed by atoms with Crippen molar-refractivity contribution < 1.29 is 19.8 Å². The van der Waals surface area contributed by atoms with Gasteiger partial charge in [0, 0.05) is 16.9 Å². The number of carboxylic acids is 2. The van der Waals surface area contributed by atoms with Crippen LogP contribution in [0, 0.1) is 0 Å². The van der Waals surface area contributed by atoms with Gasteiger partial charge in [0.2, 0.25) is 5.13 Å². The molecule has 0 atom stereocenters. The largest absolute Gasteiger partial charge is 0.478 e. The highest BCUT2D eigenvalue weighted by molar-refractivity contribution is 7.09. The third-order valence-electron chi connectivity index (χ3n) is 3.85. The fraction of sp³-hybridized carbons (Fsp3) is 0.235. The smallest absolute Gasteiger partial charge is 0.335 e. The van der Waals surface area contributed by atoms with Crippen molar-refractivity contribution in [1.82, 2.24) is 19.1 Å². The van der Waals surface area contributed by atoms with E-state index in [2.05, 4.69) is 24.7 Å². The second-order valence-corrected chi connectivity index (χ2v) is 7.81. The number of hydrogen-bond donors (Lipinski definition) is 3. The molecule has 0 fully saturated rings. The molecule has 0 unspecified atom stereocenters. The Labute approximate surface area is 168 Å². The Kier molecular flexibility index (Phi) is 5.12. The van der Waals surface area contributed by atoms with Gasteiger partial charge in [-0.05, 0) is 18.2 Å². The minimum Gasteiger partial charge on any atom is -0.478 e. The molecule has 12 heteroatoms. The molecule has 0 aliphatic rings. The number of benzene rings is 1. The van der Waals surface area contributed by atoms with Crippen molar-refractivity contribution in [2.24, 2.45) is 10.2 Å². The topological polar surface area (TPSA) is 169 Å². The van der Waals surface area contributed by atoms with Gasteiger partial charge >= 0.3 is 11.9 Å². The van der Waals surface area contributed by atoms with E-state index < -0.39 is 17.4 Å². The van der Waals surface area contributed by atoms with E-state index in [0.29, 0.717) is 10.8 Å². The first kappa shape index (κ1) is 20.1. The molecule has 0 bridgehead atoms. The summed E-state index contributed by atoms with van der Waals surface area (Å²) < 4.78 is 5.10. The van der Waals surface area contributed by atoms with E-state index in [0.717, 1.165) is 17.6 Å². The minimum atomic E-state index is -1.27. The van der Waals surface area contributed by atoms with Crippen molar-refractivity contribution in [3.63, 3.8) is 0 Å². The summed E-state index contributed by atoms with van der Waals surface area (Å²) in [5.41, 5.74) is 6.32. The van der Waals surface area contributed by atoms with E-state index in [9.17, 15) is 19.8 Å². The Morgan fingerprint density at radius 1 is 1.10 bits per heavy atom. The first-order chi connectivity index (χ1) is 13.6. The SMILES string of the molecule is CC(C)(C)c1nn(-c2cc(C(=O)O)cc(C(=O)O)c2)c(N)c1N=Nc1ncns1. The molecule has 0 amide bonds. The first-order valence-electron chi connectivity index (χ1n) is 8.27. The summed E-state index contributed by atoms with van der Waals surface area (Å²) in [5.74, 6) is -2.46. The molecule has 11 nitrogen and oxygen atoms in total. The van der Waals surface area contributed by atoms with Crippen molar-refractivity contribution in [2.75, 3.05) is 5.73 Å². The average Bonchev–Trinajstić information content (AvgIpc) is 3.26. The first-order valence-corrected chi connectivity index (χ1v) is 9.04. The van der Waals surface area contributed by atoms with Gasteiger partial charge in [-0.2, -0.15) is 9.47 Å². The molecule has 4 N–H and O–H groups in total. The number of nitrogens with zero attached hydrogens (tertiary/aromatic N) is 6. The quantitative estimate of drug-likeness (QED) is 0.532. The van der Waals surface area contributed by atoms with Gasteiger partial charge in [0.05, 0.1) is 22.5 Å². The molecule has 0 spiro atoms. The van der Waals surface area contributed by atoms with Crippen LogP contribution in [-0.2, 0) is 5.41 Å². The lowest BCUT2D eigenvalue weighted by Gasteiger charge is -2.15. The zero-order valence-corrected chi connectivity index (χ0v) is 16.5. The molecule has 2 aromatic heterocycles. The fourth-order valence-corrected chi connectivity index (χ4v) is 2.87. The molecule has 29 heavy (non-hydrogen) atoms. The Morgan fingerprint density at radius 2 is 1.72 bits per heavy atom. The predicted molar refractivity (Wildman–Crippen MR) is 105 cm³/mol. The monoisotopic (exact) mass is 415 g/mol. The van der Waals surface area contributed by atoms with Crippen LogP contribution < -0.4 is 5.73 Å². The number of anilines is 1. The highest BCUT2D eigenvalue weighted by Gasteiger charge is 2.27. The second-order valence-electron chi connectivity index (χ2n) is 7.05. The lowest BCUT2D eigenvalue weighted by Crippen LogP contribution is -2.13. The summed E-state index contributed by atoms with van der Waals surface area (Å²) in [5, 5.41) is 31.6. The van der Waals surface area contributed by atoms with Crippen LogP contribution in [0.5, 0.6) is 0 Å². The molecule has 0 radical (unpaired) electrons. The molecular formula is C17H17N7O4S. The van der Waals surface area contributed by atoms with E-state index in [-0.39, 0.29) is 28.3 Å². The molecule has 0 aliphatic carbocycles. The Balaban J connectivity index is 2.21. The van der Waals surface area contributed by atoms with Gasteiger partial charge in [0.25, 0.3) is 0 Å². The molecule has 1 aromatic carbocycles. The van der Waals surface area contributed by atoms with E-state index in [1.54, 1.807) is 0 Å². The number of aromatic nitrogens is 4. The predicted octanol–water partition coefficient (Wildman–Crippen LogP) is 3.42. The summed E-state index contributed by atoms with van der Waals surface area (Å²) in [6.07, 6.45) is 1.35. The third kappa shape index (κ3) is 4.11. The standard InChI is InChI=1S/C17H17N7O4S/c1-17(2,3)12-11(21-22-16-19-7-20-29-16)13(18)24(23-12)10-5-8(14(25)26)4-9(6-10)15(27)28/h4-7H,18H2,1-3H3,(H,25,26)(H,27,28). The molecule has 0 aliphatic heterocycles. The molecular weight excluding hydrogens is 398 g/mol. The number of aromatic carboxylic acids is 2. The summed E-state index contributed by atoms with van der Waals surface area (Å²) in [6.45, 7) is 5.71. The van der Waals surface area contributed by atoms with Gasteiger partial charge in [-0.15, -0.1) is 10.2 Å². The molecule has 0 saturated carbocycles. The lowest BCUT2D eigenvalue weighted by atomic mass is 9.91. The number of rotatable bonds is 5. The van der Waals surface area contributed by atoms with E-state index in [1.807, 2.05) is 20.8 Å². The van der Waals surface area contributed by atoms with Gasteiger partial charge < -0.3 is 15.9 Å². The van der Waals surface area contributed by atoms with E-state index >= 15 is 0 Å². The highest BCUT2D eigenvalue weighted by Crippen LogP contribution is 2.38. The third-order valence-corrected chi connectivity index (χ3v) is 4.40. The van der Waals surface area contributed by atoms with Crippen LogP contribution in [0.1, 0.15) is 47.2 Å². The second kappa shape index (κ2) is 7.39. The zero-order valence-electron chi connectivity index (χ0n) is 15.7. The maximum atomic E-state index is 11.4. The minimum absolute atomic E-state index is 0.0852. The van der Waals surface area contributed by atoms with E-state index in [4.69, 9.17) is 5.73 Å². The normalized spacial score (nSPS) is 11.8. The fourth-order valence-electron chi connectivity index (χ4n) is 2.51. The van der Waals surface area contributed by atoms with Crippen LogP contribution in [0.15, 0.2) is 34.8 Å². The maximum Gasteiger partial charge on any atom is 0.335 e. The van der Waals surface area contributed by atoms with Crippen LogP contribution in [0.2, 0.25) is 0 Å². The number of nitrogen functional groups attached to an aromatic ring is 1. The van der Waals surface area contributed by atoms with Crippen LogP contribution >= 0.6 is 11.5 Å². The Bertz CT molecular complexity index is 1080. The average molecular weight is 415 g/mol. The molecule has 3 aromatic rings. The molecule has 150 valence electrons. The summed E-state index contributed by atoms with van der Waals surface area (Å²) >= 11 is 1.05. The van der Waals surface area contributed by atoms with E-state index in [1.165, 1.54) is 23.1 Å². The van der Waals surface area contributed by atoms with Crippen molar-refractivity contribution >= 4 is 40.1 Å². The van der Waals surface area contributed by atoms with Crippen LogP contribution in [0.3, 0.4) is 0 Å². The van der Waals surface area contributed by atoms with Crippen molar-refractivity contribution in [1.29, 1.82) is 0 Å². The number of carboxylic acid groups (broad SMARTS) is 2. The van der Waals surface area contributed by atoms with Gasteiger partial charge in [-0.25, -0.2) is 19.3 Å². The van der Waals surface area contributed by atoms with Crippen molar-refractivity contribution in [2.45, 2.75) is 26.2 Å². The van der Waals surface area contributed by atoms with Gasteiger partial charge in [-0.1, -0.05) is 20.8 Å². The van der Waals surface area contributed by atoms with Gasteiger partial charge in [0.15, 0.2) is 11.5 Å². The number of carbonyl (C=O) groups is 2. The van der Waals surface area contributed by atoms with Crippen molar-refractivity contribution in [3.05, 3.63) is 41.3 Å². The lowest BCUT2D eigenvalue weighted by molar-refractivity contribution is 0.0696. The zero-order chi connectivity index (χ0) is 21.3. The Hall–Kier alpha value is -3.67. The molecule has 2 heterocycles. The van der Waals surface area contributed by atoms with Gasteiger partial charge in [0.1, 0.15) is 6.33 Å². The number of hydrogen-bond acceptors (Lipinski definition) is 9. The van der Waals surface area contributed by atoms with Gasteiger partial charge in [-0.3, -0.25) is 0 Å². The van der Waals surface area contributed by atoms with Crippen LogP contribution in [0.4, 0.5) is 16.6 Å². The maximum absolute atomic E-state index is 11.4. The van der Waals surface area contributed by atoms with Crippen LogP contribution in [0.25, 0.3) is 5.69 Å². The summed E-state index contributed by atoms with van der Waals surface area (Å²) in [7, 11) is 0. The summed E-state index contributed by atoms with van der Waals surface area (Å²) in [6, 6.07) is 3.64. The number of azo groups is 1. The Morgan fingerprint density at radius 3 is 2.21 bits per heavy atom. The van der Waals surface area contributed by atoms with Crippen molar-refractivity contribution in [3.8, 4) is 5.69 Å². The number of nitrogens with two attached hydrogens (primary N) is 1. The van der Waals surface area contributed by atoms with Crippen LogP contribution in [-0.4, -0.2) is 41.3 Å².